The van der Waals surface area contributed by atoms with Crippen molar-refractivity contribution in [3.8, 4) is 0 Å². The van der Waals surface area contributed by atoms with E-state index in [-0.39, 0.29) is 0 Å². The first-order valence-corrected chi connectivity index (χ1v) is 5.09. The van der Waals surface area contributed by atoms with Crippen molar-refractivity contribution in [2.24, 2.45) is 0 Å². The Hall–Kier alpha value is -0.370. The molecule has 0 spiro atoms. The van der Waals surface area contributed by atoms with Gasteiger partial charge in [0.25, 0.3) is 0 Å². The fraction of sp³-hybridized carbons (Fsp3) is 0.556. The van der Waals surface area contributed by atoms with E-state index in [9.17, 15) is 0 Å². The summed E-state index contributed by atoms with van der Waals surface area (Å²) in [6.45, 7) is 2.00. The first-order valence-electron chi connectivity index (χ1n) is 4.04. The number of hydrogen-bond acceptors (Lipinski definition) is 2. The van der Waals surface area contributed by atoms with Crippen molar-refractivity contribution in [1.29, 1.82) is 0 Å². The number of hydrogen-bond donors (Lipinski definition) is 0. The van der Waals surface area contributed by atoms with E-state index in [4.69, 9.17) is 4.42 Å². The lowest BCUT2D eigenvalue weighted by atomic mass is 10.2. The molecule has 1 fully saturated rings. The van der Waals surface area contributed by atoms with Gasteiger partial charge >= 0.3 is 0 Å². The third-order valence-corrected chi connectivity index (χ3v) is 3.40. The summed E-state index contributed by atoms with van der Waals surface area (Å²) in [5.74, 6) is 3.50. The standard InChI is InChI=1S/C9H12OS/c1-7-4-5-8(10-7)9-3-2-6-11-9/h4-5,9H,2-3,6H2,1H3. The molecule has 11 heavy (non-hydrogen) atoms. The maximum absolute atomic E-state index is 5.55. The van der Waals surface area contributed by atoms with E-state index in [1.165, 1.54) is 24.4 Å². The highest BCUT2D eigenvalue weighted by Gasteiger charge is 2.19. The van der Waals surface area contributed by atoms with Crippen LogP contribution in [0.2, 0.25) is 0 Å². The predicted molar refractivity (Wildman–Crippen MR) is 47.9 cm³/mol. The monoisotopic (exact) mass is 168 g/mol. The molecule has 0 saturated carbocycles. The molecule has 1 atom stereocenters. The van der Waals surface area contributed by atoms with Gasteiger partial charge in [-0.3, -0.25) is 0 Å². The zero-order chi connectivity index (χ0) is 7.68. The van der Waals surface area contributed by atoms with Gasteiger partial charge in [0.05, 0.1) is 5.25 Å². The Labute approximate surface area is 71.2 Å². The van der Waals surface area contributed by atoms with E-state index in [2.05, 4.69) is 6.07 Å². The van der Waals surface area contributed by atoms with E-state index in [0.29, 0.717) is 5.25 Å². The summed E-state index contributed by atoms with van der Waals surface area (Å²) in [5, 5.41) is 0.642. The summed E-state index contributed by atoms with van der Waals surface area (Å²) >= 11 is 2.02. The first-order chi connectivity index (χ1) is 5.36. The molecule has 60 valence electrons. The van der Waals surface area contributed by atoms with Gasteiger partial charge in [-0.1, -0.05) is 0 Å². The molecule has 1 aliphatic rings. The Balaban J connectivity index is 2.15. The zero-order valence-electron chi connectivity index (χ0n) is 6.67. The van der Waals surface area contributed by atoms with E-state index < -0.39 is 0 Å². The van der Waals surface area contributed by atoms with E-state index in [0.717, 1.165) is 5.76 Å². The van der Waals surface area contributed by atoms with Crippen LogP contribution >= 0.6 is 11.8 Å². The Kier molecular flexibility index (Phi) is 1.95. The molecule has 1 aromatic rings. The van der Waals surface area contributed by atoms with E-state index in [1.54, 1.807) is 0 Å². The molecule has 0 radical (unpaired) electrons. The summed E-state index contributed by atoms with van der Waals surface area (Å²) in [7, 11) is 0. The quantitative estimate of drug-likeness (QED) is 0.639. The van der Waals surface area contributed by atoms with Crippen LogP contribution in [0.1, 0.15) is 29.6 Å². The van der Waals surface area contributed by atoms with Crippen molar-refractivity contribution in [3.05, 3.63) is 23.7 Å². The third kappa shape index (κ3) is 1.45. The minimum Gasteiger partial charge on any atom is -0.465 e. The summed E-state index contributed by atoms with van der Waals surface area (Å²) in [6.07, 6.45) is 2.63. The smallest absolute Gasteiger partial charge is 0.117 e. The SMILES string of the molecule is Cc1ccc(C2CCCS2)o1. The molecular weight excluding hydrogens is 156 g/mol. The molecule has 1 nitrogen and oxygen atoms in total. The van der Waals surface area contributed by atoms with Gasteiger partial charge in [0.2, 0.25) is 0 Å². The Morgan fingerprint density at radius 1 is 1.55 bits per heavy atom. The predicted octanol–water partition coefficient (Wildman–Crippen LogP) is 3.16. The topological polar surface area (TPSA) is 13.1 Å². The van der Waals surface area contributed by atoms with Gasteiger partial charge in [-0.2, -0.15) is 11.8 Å². The molecule has 0 amide bonds. The van der Waals surface area contributed by atoms with Crippen LogP contribution in [0.15, 0.2) is 16.5 Å². The minimum atomic E-state index is 0.642. The molecule has 1 saturated heterocycles. The normalized spacial score (nSPS) is 24.3. The second-order valence-corrected chi connectivity index (χ2v) is 4.26. The maximum Gasteiger partial charge on any atom is 0.117 e. The van der Waals surface area contributed by atoms with Gasteiger partial charge in [0, 0.05) is 0 Å². The fourth-order valence-electron chi connectivity index (χ4n) is 1.43. The lowest BCUT2D eigenvalue weighted by molar-refractivity contribution is 0.476. The molecule has 2 heterocycles. The van der Waals surface area contributed by atoms with Gasteiger partial charge in [0.1, 0.15) is 11.5 Å². The molecule has 2 heteroatoms. The van der Waals surface area contributed by atoms with Gasteiger partial charge < -0.3 is 4.42 Å². The molecule has 1 aromatic heterocycles. The molecule has 0 aliphatic carbocycles. The summed E-state index contributed by atoms with van der Waals surface area (Å²) in [6, 6.07) is 4.16. The molecular formula is C9H12OS. The van der Waals surface area contributed by atoms with Crippen LogP contribution in [0, 0.1) is 6.92 Å². The Morgan fingerprint density at radius 2 is 2.45 bits per heavy atom. The lowest BCUT2D eigenvalue weighted by Crippen LogP contribution is -1.82. The van der Waals surface area contributed by atoms with Gasteiger partial charge in [-0.05, 0) is 37.7 Å². The van der Waals surface area contributed by atoms with Crippen LogP contribution in [-0.2, 0) is 0 Å². The molecule has 2 rings (SSSR count). The second kappa shape index (κ2) is 2.94. The van der Waals surface area contributed by atoms with Crippen LogP contribution < -0.4 is 0 Å². The summed E-state index contributed by atoms with van der Waals surface area (Å²) in [4.78, 5) is 0. The molecule has 0 N–H and O–H groups in total. The average Bonchev–Trinajstić information content (AvgIpc) is 2.55. The van der Waals surface area contributed by atoms with Crippen molar-refractivity contribution in [2.75, 3.05) is 5.75 Å². The minimum absolute atomic E-state index is 0.642. The summed E-state index contributed by atoms with van der Waals surface area (Å²) in [5.41, 5.74) is 0. The lowest BCUT2D eigenvalue weighted by Gasteiger charge is -2.02. The number of furan rings is 1. The average molecular weight is 168 g/mol. The number of rotatable bonds is 1. The highest BCUT2D eigenvalue weighted by Crippen LogP contribution is 2.40. The van der Waals surface area contributed by atoms with E-state index >= 15 is 0 Å². The van der Waals surface area contributed by atoms with Crippen LogP contribution in [0.5, 0.6) is 0 Å². The van der Waals surface area contributed by atoms with Crippen molar-refractivity contribution >= 4 is 11.8 Å². The molecule has 1 aliphatic heterocycles. The van der Waals surface area contributed by atoms with Crippen LogP contribution in [0.25, 0.3) is 0 Å². The van der Waals surface area contributed by atoms with Gasteiger partial charge in [0.15, 0.2) is 0 Å². The maximum atomic E-state index is 5.55. The highest BCUT2D eigenvalue weighted by atomic mass is 32.2. The van der Waals surface area contributed by atoms with E-state index in [1.807, 2.05) is 24.8 Å². The molecule has 0 aromatic carbocycles. The zero-order valence-corrected chi connectivity index (χ0v) is 7.49. The second-order valence-electron chi connectivity index (χ2n) is 2.95. The highest BCUT2D eigenvalue weighted by molar-refractivity contribution is 7.99. The Bertz CT molecular complexity index is 235. The van der Waals surface area contributed by atoms with Crippen molar-refractivity contribution in [1.82, 2.24) is 0 Å². The van der Waals surface area contributed by atoms with Crippen molar-refractivity contribution in [2.45, 2.75) is 25.0 Å². The number of thioether (sulfide) groups is 1. The van der Waals surface area contributed by atoms with Crippen LogP contribution in [0.3, 0.4) is 0 Å². The van der Waals surface area contributed by atoms with Crippen LogP contribution in [-0.4, -0.2) is 5.75 Å². The summed E-state index contributed by atoms with van der Waals surface area (Å²) < 4.78 is 5.55. The Morgan fingerprint density at radius 3 is 3.00 bits per heavy atom. The number of aryl methyl sites for hydroxylation is 1. The van der Waals surface area contributed by atoms with Crippen molar-refractivity contribution in [3.63, 3.8) is 0 Å². The third-order valence-electron chi connectivity index (χ3n) is 2.01. The first kappa shape index (κ1) is 7.29. The molecule has 1 unspecified atom stereocenters. The fourth-order valence-corrected chi connectivity index (χ4v) is 2.67. The molecule has 0 bridgehead atoms. The van der Waals surface area contributed by atoms with Gasteiger partial charge in [-0.15, -0.1) is 0 Å². The van der Waals surface area contributed by atoms with Crippen molar-refractivity contribution < 1.29 is 4.42 Å². The largest absolute Gasteiger partial charge is 0.465 e. The van der Waals surface area contributed by atoms with Crippen LogP contribution in [0.4, 0.5) is 0 Å². The van der Waals surface area contributed by atoms with Gasteiger partial charge in [-0.25, -0.2) is 0 Å².